The van der Waals surface area contributed by atoms with Gasteiger partial charge in [-0.15, -0.1) is 0 Å². The molecule has 1 amide bonds. The van der Waals surface area contributed by atoms with Gasteiger partial charge in [0.25, 0.3) is 5.91 Å². The third kappa shape index (κ3) is 6.38. The molecule has 1 heterocycles. The normalized spacial score (nSPS) is 16.3. The Labute approximate surface area is 186 Å². The Balaban J connectivity index is 1.84. The van der Waals surface area contributed by atoms with E-state index < -0.39 is 35.0 Å². The number of hydrogen-bond acceptors (Lipinski definition) is 4. The first-order valence-corrected chi connectivity index (χ1v) is 10.0. The van der Waals surface area contributed by atoms with E-state index in [0.29, 0.717) is 44.2 Å². The summed E-state index contributed by atoms with van der Waals surface area (Å²) in [7, 11) is 1.51. The number of carbonyl (C=O) groups is 1. The molecule has 0 radical (unpaired) electrons. The maximum absolute atomic E-state index is 13.1. The number of morpholine rings is 1. The van der Waals surface area contributed by atoms with Crippen molar-refractivity contribution in [2.75, 3.05) is 40.0 Å². The van der Waals surface area contributed by atoms with Crippen molar-refractivity contribution in [1.29, 1.82) is 0 Å². The Morgan fingerprint density at radius 1 is 1.00 bits per heavy atom. The quantitative estimate of drug-likeness (QED) is 0.623. The molecule has 1 saturated heterocycles. The fourth-order valence-corrected chi connectivity index (χ4v) is 3.55. The van der Waals surface area contributed by atoms with Gasteiger partial charge < -0.3 is 14.8 Å². The highest BCUT2D eigenvalue weighted by molar-refractivity contribution is 5.94. The van der Waals surface area contributed by atoms with Crippen LogP contribution in [0.3, 0.4) is 0 Å². The van der Waals surface area contributed by atoms with Crippen LogP contribution in [0.2, 0.25) is 0 Å². The monoisotopic (exact) mass is 476 g/mol. The maximum Gasteiger partial charge on any atom is 0.416 e. The molecule has 0 spiro atoms. The lowest BCUT2D eigenvalue weighted by Gasteiger charge is -2.35. The van der Waals surface area contributed by atoms with Gasteiger partial charge in [-0.3, -0.25) is 9.69 Å². The van der Waals surface area contributed by atoms with Gasteiger partial charge in [0.05, 0.1) is 37.5 Å². The van der Waals surface area contributed by atoms with Crippen LogP contribution in [0.4, 0.5) is 26.3 Å². The van der Waals surface area contributed by atoms with Crippen LogP contribution in [0.1, 0.15) is 33.1 Å². The molecular weight excluding hydrogens is 454 g/mol. The van der Waals surface area contributed by atoms with Crippen molar-refractivity contribution in [1.82, 2.24) is 10.2 Å². The van der Waals surface area contributed by atoms with Crippen molar-refractivity contribution in [2.24, 2.45) is 0 Å². The van der Waals surface area contributed by atoms with Crippen molar-refractivity contribution >= 4 is 5.91 Å². The summed E-state index contributed by atoms with van der Waals surface area (Å²) in [6.45, 7) is 2.00. The summed E-state index contributed by atoms with van der Waals surface area (Å²) in [6, 6.07) is 7.50. The number of ether oxygens (including phenoxy) is 2. The first-order valence-electron chi connectivity index (χ1n) is 10.0. The van der Waals surface area contributed by atoms with Crippen molar-refractivity contribution in [3.63, 3.8) is 0 Å². The molecule has 1 unspecified atom stereocenters. The molecule has 33 heavy (non-hydrogen) atoms. The Hall–Kier alpha value is -2.79. The zero-order valence-electron chi connectivity index (χ0n) is 17.6. The third-order valence-corrected chi connectivity index (χ3v) is 5.29. The molecule has 180 valence electrons. The molecule has 1 aliphatic rings. The number of amides is 1. The number of methoxy groups -OCH3 is 1. The minimum Gasteiger partial charge on any atom is -0.497 e. The second-order valence-electron chi connectivity index (χ2n) is 7.44. The molecular formula is C22H22F6N2O3. The second kappa shape index (κ2) is 10.0. The fourth-order valence-electron chi connectivity index (χ4n) is 3.55. The molecule has 0 saturated carbocycles. The third-order valence-electron chi connectivity index (χ3n) is 5.29. The maximum atomic E-state index is 13.1. The average Bonchev–Trinajstić information content (AvgIpc) is 2.78. The highest BCUT2D eigenvalue weighted by atomic mass is 19.4. The van der Waals surface area contributed by atoms with Crippen LogP contribution in [-0.4, -0.2) is 50.8 Å². The highest BCUT2D eigenvalue weighted by Gasteiger charge is 2.37. The van der Waals surface area contributed by atoms with Crippen LogP contribution in [0.5, 0.6) is 5.75 Å². The lowest BCUT2D eigenvalue weighted by atomic mass is 10.0. The van der Waals surface area contributed by atoms with Crippen molar-refractivity contribution in [2.45, 2.75) is 18.4 Å². The van der Waals surface area contributed by atoms with Gasteiger partial charge in [0.1, 0.15) is 5.75 Å². The number of nitrogens with one attached hydrogen (secondary N) is 1. The number of rotatable bonds is 6. The van der Waals surface area contributed by atoms with Gasteiger partial charge in [-0.05, 0) is 35.9 Å². The molecule has 0 bridgehead atoms. The smallest absolute Gasteiger partial charge is 0.416 e. The van der Waals surface area contributed by atoms with E-state index in [2.05, 4.69) is 5.32 Å². The largest absolute Gasteiger partial charge is 0.497 e. The van der Waals surface area contributed by atoms with Gasteiger partial charge >= 0.3 is 12.4 Å². The average molecular weight is 476 g/mol. The van der Waals surface area contributed by atoms with Gasteiger partial charge in [0, 0.05) is 25.2 Å². The SMILES string of the molecule is COc1ccc(C(CNC(=O)c2cc(C(F)(F)F)cc(C(F)(F)F)c2)N2CCOCC2)cc1. The molecule has 2 aromatic carbocycles. The standard InChI is InChI=1S/C22H22F6N2O3/c1-32-18-4-2-14(3-5-18)19(30-6-8-33-9-7-30)13-29-20(31)15-10-16(21(23,24)25)12-17(11-15)22(26,27)28/h2-5,10-12,19H,6-9,13H2,1H3,(H,29,31). The molecule has 1 N–H and O–H groups in total. The van der Waals surface area contributed by atoms with Crippen LogP contribution in [0.15, 0.2) is 42.5 Å². The Morgan fingerprint density at radius 3 is 2.03 bits per heavy atom. The lowest BCUT2D eigenvalue weighted by molar-refractivity contribution is -0.143. The summed E-state index contributed by atoms with van der Waals surface area (Å²) in [5, 5.41) is 2.49. The van der Waals surface area contributed by atoms with Crippen molar-refractivity contribution in [3.05, 3.63) is 64.7 Å². The van der Waals surface area contributed by atoms with Gasteiger partial charge in [0.15, 0.2) is 0 Å². The van der Waals surface area contributed by atoms with Gasteiger partial charge in [-0.1, -0.05) is 12.1 Å². The van der Waals surface area contributed by atoms with Crippen LogP contribution >= 0.6 is 0 Å². The van der Waals surface area contributed by atoms with Crippen LogP contribution < -0.4 is 10.1 Å². The molecule has 2 aromatic rings. The molecule has 0 aliphatic carbocycles. The molecule has 1 atom stereocenters. The zero-order valence-corrected chi connectivity index (χ0v) is 17.6. The van der Waals surface area contributed by atoms with E-state index >= 15 is 0 Å². The van der Waals surface area contributed by atoms with E-state index in [9.17, 15) is 31.1 Å². The second-order valence-corrected chi connectivity index (χ2v) is 7.44. The highest BCUT2D eigenvalue weighted by Crippen LogP contribution is 2.36. The van der Waals surface area contributed by atoms with E-state index in [1.165, 1.54) is 7.11 Å². The van der Waals surface area contributed by atoms with E-state index in [1.54, 1.807) is 24.3 Å². The van der Waals surface area contributed by atoms with Gasteiger partial charge in [-0.25, -0.2) is 0 Å². The Morgan fingerprint density at radius 2 is 1.55 bits per heavy atom. The van der Waals surface area contributed by atoms with Crippen molar-refractivity contribution in [3.8, 4) is 5.75 Å². The topological polar surface area (TPSA) is 50.8 Å². The van der Waals surface area contributed by atoms with E-state index in [-0.39, 0.29) is 18.7 Å². The summed E-state index contributed by atoms with van der Waals surface area (Å²) >= 11 is 0. The van der Waals surface area contributed by atoms with Crippen LogP contribution in [-0.2, 0) is 17.1 Å². The fraction of sp³-hybridized carbons (Fsp3) is 0.409. The first-order chi connectivity index (χ1) is 15.5. The summed E-state index contributed by atoms with van der Waals surface area (Å²) in [5.74, 6) is -0.412. The number of alkyl halides is 6. The Kier molecular flexibility index (Phi) is 7.53. The number of hydrogen-bond donors (Lipinski definition) is 1. The number of nitrogens with zero attached hydrogens (tertiary/aromatic N) is 1. The van der Waals surface area contributed by atoms with Crippen LogP contribution in [0.25, 0.3) is 0 Å². The van der Waals surface area contributed by atoms with E-state index in [1.807, 2.05) is 4.90 Å². The molecule has 1 fully saturated rings. The summed E-state index contributed by atoms with van der Waals surface area (Å²) < 4.78 is 89.2. The lowest BCUT2D eigenvalue weighted by Crippen LogP contribution is -2.43. The number of halogens is 6. The number of benzene rings is 2. The summed E-state index contributed by atoms with van der Waals surface area (Å²) in [4.78, 5) is 14.6. The first kappa shape index (κ1) is 24.8. The molecule has 3 rings (SSSR count). The molecule has 1 aliphatic heterocycles. The molecule has 11 heteroatoms. The summed E-state index contributed by atoms with van der Waals surface area (Å²) in [5.41, 5.74) is -2.99. The van der Waals surface area contributed by atoms with Gasteiger partial charge in [-0.2, -0.15) is 26.3 Å². The minimum absolute atomic E-state index is 0.00925. The van der Waals surface area contributed by atoms with Gasteiger partial charge in [0.2, 0.25) is 0 Å². The molecule has 5 nitrogen and oxygen atoms in total. The molecule has 0 aromatic heterocycles. The Bertz CT molecular complexity index is 922. The minimum atomic E-state index is -5.03. The number of carbonyl (C=O) groups excluding carboxylic acids is 1. The predicted molar refractivity (Wildman–Crippen MR) is 107 cm³/mol. The van der Waals surface area contributed by atoms with E-state index in [0.717, 1.165) is 5.56 Å². The zero-order chi connectivity index (χ0) is 24.2. The van der Waals surface area contributed by atoms with Crippen LogP contribution in [0, 0.1) is 0 Å². The van der Waals surface area contributed by atoms with Crippen molar-refractivity contribution < 1.29 is 40.6 Å². The van der Waals surface area contributed by atoms with E-state index in [4.69, 9.17) is 9.47 Å². The summed E-state index contributed by atoms with van der Waals surface area (Å²) in [6.07, 6.45) is -10.1. The predicted octanol–water partition coefficient (Wildman–Crippen LogP) is 4.54.